The first-order valence-corrected chi connectivity index (χ1v) is 6.82. The maximum absolute atomic E-state index is 11.9. The third-order valence-corrected chi connectivity index (χ3v) is 3.42. The number of ether oxygens (including phenoxy) is 1. The van der Waals surface area contributed by atoms with Crippen molar-refractivity contribution in [2.45, 2.75) is 6.54 Å². The van der Waals surface area contributed by atoms with Crippen LogP contribution in [0.1, 0.15) is 10.5 Å². The molecular formula is C14H13BrN2O4. The van der Waals surface area contributed by atoms with E-state index in [1.807, 2.05) is 0 Å². The van der Waals surface area contributed by atoms with E-state index in [-0.39, 0.29) is 18.1 Å². The number of hydrogen-bond donors (Lipinski definition) is 2. The standard InChI is InChI=1S/C14H13BrN2O4/c1-21-12-5-4-9(7-10(12)15)16-13(18)8-17-6-2-3-11(17)14(19)20/h2-7H,8H2,1H3,(H,16,18)(H,19,20). The molecule has 0 unspecified atom stereocenters. The Hall–Kier alpha value is -2.28. The highest BCUT2D eigenvalue weighted by Gasteiger charge is 2.12. The van der Waals surface area contributed by atoms with Crippen LogP contribution in [0, 0.1) is 0 Å². The van der Waals surface area contributed by atoms with E-state index in [9.17, 15) is 9.59 Å². The number of benzene rings is 1. The summed E-state index contributed by atoms with van der Waals surface area (Å²) < 4.78 is 7.19. The van der Waals surface area contributed by atoms with Crippen LogP contribution in [0.2, 0.25) is 0 Å². The predicted octanol–water partition coefficient (Wildman–Crippen LogP) is 2.60. The number of aromatic nitrogens is 1. The lowest BCUT2D eigenvalue weighted by atomic mass is 10.3. The zero-order valence-electron chi connectivity index (χ0n) is 11.2. The number of halogens is 1. The number of rotatable bonds is 5. The van der Waals surface area contributed by atoms with Crippen LogP contribution >= 0.6 is 15.9 Å². The average molecular weight is 353 g/mol. The van der Waals surface area contributed by atoms with E-state index in [1.54, 1.807) is 37.6 Å². The number of hydrogen-bond acceptors (Lipinski definition) is 3. The number of anilines is 1. The molecule has 1 heterocycles. The van der Waals surface area contributed by atoms with Crippen LogP contribution in [-0.2, 0) is 11.3 Å². The monoisotopic (exact) mass is 352 g/mol. The van der Waals surface area contributed by atoms with Gasteiger partial charge in [-0.05, 0) is 46.3 Å². The average Bonchev–Trinajstić information content (AvgIpc) is 2.87. The minimum absolute atomic E-state index is 0.0704. The fourth-order valence-corrected chi connectivity index (χ4v) is 2.39. The molecule has 2 N–H and O–H groups in total. The lowest BCUT2D eigenvalue weighted by molar-refractivity contribution is -0.116. The number of carbonyl (C=O) groups is 2. The number of carboxylic acids is 1. The van der Waals surface area contributed by atoms with Crippen LogP contribution < -0.4 is 10.1 Å². The van der Waals surface area contributed by atoms with Crippen molar-refractivity contribution in [3.05, 3.63) is 46.7 Å². The van der Waals surface area contributed by atoms with Crippen molar-refractivity contribution in [3.63, 3.8) is 0 Å². The summed E-state index contributed by atoms with van der Waals surface area (Å²) in [6.45, 7) is -0.0711. The van der Waals surface area contributed by atoms with Crippen LogP contribution in [0.3, 0.4) is 0 Å². The number of nitrogens with one attached hydrogen (secondary N) is 1. The highest BCUT2D eigenvalue weighted by atomic mass is 79.9. The lowest BCUT2D eigenvalue weighted by Gasteiger charge is -2.09. The molecule has 2 aromatic rings. The third kappa shape index (κ3) is 3.63. The number of carbonyl (C=O) groups excluding carboxylic acids is 1. The number of nitrogens with zero attached hydrogens (tertiary/aromatic N) is 1. The molecule has 0 fully saturated rings. The molecule has 2 rings (SSSR count). The van der Waals surface area contributed by atoms with E-state index < -0.39 is 5.97 Å². The summed E-state index contributed by atoms with van der Waals surface area (Å²) in [5.74, 6) is -0.725. The van der Waals surface area contributed by atoms with Gasteiger partial charge in [0.2, 0.25) is 5.91 Å². The number of carboxylic acid groups (broad SMARTS) is 1. The molecule has 0 aliphatic heterocycles. The second-order valence-corrected chi connectivity index (χ2v) is 5.08. The molecule has 0 aliphatic carbocycles. The molecule has 0 atom stereocenters. The van der Waals surface area contributed by atoms with Gasteiger partial charge in [0.05, 0.1) is 11.6 Å². The van der Waals surface area contributed by atoms with Crippen molar-refractivity contribution in [3.8, 4) is 5.75 Å². The summed E-state index contributed by atoms with van der Waals surface area (Å²) in [4.78, 5) is 22.9. The lowest BCUT2D eigenvalue weighted by Crippen LogP contribution is -2.20. The van der Waals surface area contributed by atoms with Crippen LogP contribution in [0.15, 0.2) is 41.0 Å². The Morgan fingerprint density at radius 2 is 2.14 bits per heavy atom. The minimum Gasteiger partial charge on any atom is -0.496 e. The van der Waals surface area contributed by atoms with Gasteiger partial charge < -0.3 is 19.7 Å². The van der Waals surface area contributed by atoms with E-state index in [2.05, 4.69) is 21.2 Å². The van der Waals surface area contributed by atoms with Gasteiger partial charge in [-0.1, -0.05) is 0 Å². The van der Waals surface area contributed by atoms with Crippen molar-refractivity contribution < 1.29 is 19.4 Å². The number of aromatic carboxylic acids is 1. The summed E-state index contributed by atoms with van der Waals surface area (Å²) in [7, 11) is 1.55. The molecule has 0 saturated heterocycles. The molecule has 0 radical (unpaired) electrons. The SMILES string of the molecule is COc1ccc(NC(=O)Cn2cccc2C(=O)O)cc1Br. The quantitative estimate of drug-likeness (QED) is 0.866. The Kier molecular flexibility index (Phi) is 4.64. The zero-order chi connectivity index (χ0) is 15.4. The van der Waals surface area contributed by atoms with Crippen molar-refractivity contribution >= 4 is 33.5 Å². The predicted molar refractivity (Wildman–Crippen MR) is 80.7 cm³/mol. The smallest absolute Gasteiger partial charge is 0.352 e. The van der Waals surface area contributed by atoms with Crippen LogP contribution in [-0.4, -0.2) is 28.7 Å². The molecule has 0 aliphatic rings. The van der Waals surface area contributed by atoms with Gasteiger partial charge in [-0.2, -0.15) is 0 Å². The van der Waals surface area contributed by atoms with E-state index in [4.69, 9.17) is 9.84 Å². The van der Waals surface area contributed by atoms with Gasteiger partial charge >= 0.3 is 5.97 Å². The third-order valence-electron chi connectivity index (χ3n) is 2.80. The fourth-order valence-electron chi connectivity index (χ4n) is 1.85. The van der Waals surface area contributed by atoms with E-state index in [0.717, 1.165) is 4.47 Å². The largest absolute Gasteiger partial charge is 0.496 e. The van der Waals surface area contributed by atoms with Crippen molar-refractivity contribution in [2.24, 2.45) is 0 Å². The molecule has 21 heavy (non-hydrogen) atoms. The molecule has 1 aromatic carbocycles. The van der Waals surface area contributed by atoms with Crippen molar-refractivity contribution in [2.75, 3.05) is 12.4 Å². The Morgan fingerprint density at radius 1 is 1.38 bits per heavy atom. The molecule has 1 amide bonds. The fraction of sp³-hybridized carbons (Fsp3) is 0.143. The van der Waals surface area contributed by atoms with Gasteiger partial charge in [0, 0.05) is 11.9 Å². The van der Waals surface area contributed by atoms with Crippen LogP contribution in [0.25, 0.3) is 0 Å². The first-order chi connectivity index (χ1) is 10.0. The Morgan fingerprint density at radius 3 is 2.76 bits per heavy atom. The Labute approximate surface area is 129 Å². The van der Waals surface area contributed by atoms with E-state index in [1.165, 1.54) is 10.6 Å². The Bertz CT molecular complexity index is 681. The molecule has 110 valence electrons. The van der Waals surface area contributed by atoms with Gasteiger partial charge in [0.25, 0.3) is 0 Å². The van der Waals surface area contributed by atoms with E-state index >= 15 is 0 Å². The zero-order valence-corrected chi connectivity index (χ0v) is 12.8. The molecular weight excluding hydrogens is 340 g/mol. The second kappa shape index (κ2) is 6.45. The maximum atomic E-state index is 11.9. The highest BCUT2D eigenvalue weighted by molar-refractivity contribution is 9.10. The summed E-state index contributed by atoms with van der Waals surface area (Å²) in [6, 6.07) is 8.16. The number of methoxy groups -OCH3 is 1. The van der Waals surface area contributed by atoms with Gasteiger partial charge in [0.15, 0.2) is 0 Å². The second-order valence-electron chi connectivity index (χ2n) is 4.22. The minimum atomic E-state index is -1.07. The molecule has 0 saturated carbocycles. The molecule has 7 heteroatoms. The van der Waals surface area contributed by atoms with Gasteiger partial charge in [-0.25, -0.2) is 4.79 Å². The first-order valence-electron chi connectivity index (χ1n) is 6.03. The number of amides is 1. The molecule has 6 nitrogen and oxygen atoms in total. The maximum Gasteiger partial charge on any atom is 0.352 e. The van der Waals surface area contributed by atoms with E-state index in [0.29, 0.717) is 11.4 Å². The topological polar surface area (TPSA) is 80.6 Å². The summed E-state index contributed by atoms with van der Waals surface area (Å²) >= 11 is 3.33. The first kappa shape index (κ1) is 15.1. The summed E-state index contributed by atoms with van der Waals surface area (Å²) in [5, 5.41) is 11.7. The molecule has 1 aromatic heterocycles. The summed E-state index contributed by atoms with van der Waals surface area (Å²) in [5.41, 5.74) is 0.665. The van der Waals surface area contributed by atoms with Crippen molar-refractivity contribution in [1.29, 1.82) is 0 Å². The molecule has 0 bridgehead atoms. The Balaban J connectivity index is 2.06. The normalized spacial score (nSPS) is 10.2. The highest BCUT2D eigenvalue weighted by Crippen LogP contribution is 2.27. The summed E-state index contributed by atoms with van der Waals surface area (Å²) in [6.07, 6.45) is 1.55. The van der Waals surface area contributed by atoms with Crippen molar-refractivity contribution in [1.82, 2.24) is 4.57 Å². The molecule has 0 spiro atoms. The van der Waals surface area contributed by atoms with Crippen LogP contribution in [0.5, 0.6) is 5.75 Å². The van der Waals surface area contributed by atoms with Gasteiger partial charge in [-0.15, -0.1) is 0 Å². The van der Waals surface area contributed by atoms with Crippen LogP contribution in [0.4, 0.5) is 5.69 Å². The van der Waals surface area contributed by atoms with Gasteiger partial charge in [0.1, 0.15) is 18.0 Å². The van der Waals surface area contributed by atoms with Gasteiger partial charge in [-0.3, -0.25) is 4.79 Å².